The van der Waals surface area contributed by atoms with Gasteiger partial charge in [-0.05, 0) is 24.7 Å². The number of hydrogen-bond donors (Lipinski definition) is 0. The zero-order valence-corrected chi connectivity index (χ0v) is 11.1. The highest BCUT2D eigenvalue weighted by molar-refractivity contribution is 8.16. The van der Waals surface area contributed by atoms with Gasteiger partial charge in [-0.1, -0.05) is 13.8 Å². The van der Waals surface area contributed by atoms with Crippen molar-refractivity contribution in [2.45, 2.75) is 33.1 Å². The molecule has 0 atom stereocenters. The summed E-state index contributed by atoms with van der Waals surface area (Å²) in [5.74, 6) is -0.607. The van der Waals surface area contributed by atoms with Gasteiger partial charge in [0.15, 0.2) is 0 Å². The molecular weight excluding hydrogens is 252 g/mol. The fraction of sp³-hybridized carbons (Fsp3) is 0.700. The maximum atomic E-state index is 11.6. The topological polar surface area (TPSA) is 60.4 Å². The summed E-state index contributed by atoms with van der Waals surface area (Å²) >= 11 is 0. The van der Waals surface area contributed by atoms with Gasteiger partial charge in [-0.3, -0.25) is 0 Å². The van der Waals surface area contributed by atoms with Crippen LogP contribution in [0.4, 0.5) is 0 Å². The summed E-state index contributed by atoms with van der Waals surface area (Å²) < 4.78 is 27.4. The molecule has 0 unspecified atom stereocenters. The number of carbonyl (C=O) groups is 1. The van der Waals surface area contributed by atoms with Crippen LogP contribution in [0.3, 0.4) is 0 Å². The van der Waals surface area contributed by atoms with Crippen LogP contribution in [0.2, 0.25) is 0 Å². The fourth-order valence-corrected chi connectivity index (χ4v) is 3.51. The van der Waals surface area contributed by atoms with E-state index in [0.29, 0.717) is 12.8 Å². The van der Waals surface area contributed by atoms with E-state index in [9.17, 15) is 13.2 Å². The molecule has 1 rings (SSSR count). The third kappa shape index (κ3) is 2.58. The van der Waals surface area contributed by atoms with Gasteiger partial charge in [0.25, 0.3) is 9.05 Å². The molecule has 0 spiro atoms. The van der Waals surface area contributed by atoms with Crippen molar-refractivity contribution < 1.29 is 17.9 Å². The van der Waals surface area contributed by atoms with E-state index in [1.807, 2.05) is 13.8 Å². The van der Waals surface area contributed by atoms with Crippen molar-refractivity contribution in [3.8, 4) is 0 Å². The molecule has 92 valence electrons. The second kappa shape index (κ2) is 4.37. The number of methoxy groups -OCH3 is 1. The first-order chi connectivity index (χ1) is 7.20. The number of carbonyl (C=O) groups excluding carboxylic acids is 1. The molecule has 0 saturated heterocycles. The van der Waals surface area contributed by atoms with Crippen LogP contribution in [0.1, 0.15) is 33.1 Å². The number of ether oxygens (including phenoxy) is 1. The summed E-state index contributed by atoms with van der Waals surface area (Å²) in [6.45, 7) is 3.64. The molecule has 1 aliphatic rings. The average molecular weight is 267 g/mol. The highest BCUT2D eigenvalue weighted by atomic mass is 35.7. The van der Waals surface area contributed by atoms with Crippen molar-refractivity contribution in [2.24, 2.45) is 5.41 Å². The Balaban J connectivity index is 3.44. The Morgan fingerprint density at radius 1 is 1.44 bits per heavy atom. The molecule has 0 aromatic rings. The number of halogens is 1. The second-order valence-corrected chi connectivity index (χ2v) is 7.05. The van der Waals surface area contributed by atoms with E-state index in [1.54, 1.807) is 0 Å². The lowest BCUT2D eigenvalue weighted by Crippen LogP contribution is -2.28. The third-order valence-electron chi connectivity index (χ3n) is 2.85. The molecular formula is C10H15ClO4S. The van der Waals surface area contributed by atoms with Crippen molar-refractivity contribution >= 4 is 25.7 Å². The van der Waals surface area contributed by atoms with Crippen LogP contribution in [-0.2, 0) is 18.6 Å². The minimum absolute atomic E-state index is 0.0114. The van der Waals surface area contributed by atoms with Gasteiger partial charge in [-0.15, -0.1) is 0 Å². The molecule has 0 aliphatic heterocycles. The Hall–Kier alpha value is -0.550. The zero-order valence-electron chi connectivity index (χ0n) is 9.54. The van der Waals surface area contributed by atoms with Gasteiger partial charge >= 0.3 is 5.97 Å². The predicted molar refractivity (Wildman–Crippen MR) is 61.4 cm³/mol. The summed E-state index contributed by atoms with van der Waals surface area (Å²) in [6, 6.07) is 0. The Bertz CT molecular complexity index is 434. The van der Waals surface area contributed by atoms with Crippen molar-refractivity contribution in [1.82, 2.24) is 0 Å². The van der Waals surface area contributed by atoms with Crippen molar-refractivity contribution in [2.75, 3.05) is 7.11 Å². The first-order valence-electron chi connectivity index (χ1n) is 4.97. The van der Waals surface area contributed by atoms with Gasteiger partial charge in [0.1, 0.15) is 0 Å². The largest absolute Gasteiger partial charge is 0.466 e. The number of rotatable bonds is 2. The Kier molecular flexibility index (Phi) is 3.69. The van der Waals surface area contributed by atoms with Crippen LogP contribution in [0.5, 0.6) is 0 Å². The summed E-state index contributed by atoms with van der Waals surface area (Å²) in [4.78, 5) is 11.6. The zero-order chi connectivity index (χ0) is 12.6. The third-order valence-corrected chi connectivity index (χ3v) is 4.40. The molecule has 4 nitrogen and oxygen atoms in total. The predicted octanol–water partition coefficient (Wildman–Crippen LogP) is 2.19. The molecule has 0 aromatic carbocycles. The van der Waals surface area contributed by atoms with Gasteiger partial charge in [-0.2, -0.15) is 0 Å². The normalized spacial score (nSPS) is 20.8. The molecule has 16 heavy (non-hydrogen) atoms. The maximum Gasteiger partial charge on any atom is 0.335 e. The molecule has 6 heteroatoms. The highest BCUT2D eigenvalue weighted by Crippen LogP contribution is 2.43. The van der Waals surface area contributed by atoms with Gasteiger partial charge in [0.05, 0.1) is 17.6 Å². The highest BCUT2D eigenvalue weighted by Gasteiger charge is 2.39. The first-order valence-corrected chi connectivity index (χ1v) is 7.27. The lowest BCUT2D eigenvalue weighted by Gasteiger charge is -2.32. The summed E-state index contributed by atoms with van der Waals surface area (Å²) in [5.41, 5.74) is -0.320. The molecule has 0 aromatic heterocycles. The van der Waals surface area contributed by atoms with Crippen LogP contribution < -0.4 is 0 Å². The molecule has 0 amide bonds. The molecule has 0 N–H and O–H groups in total. The number of hydrogen-bond acceptors (Lipinski definition) is 4. The molecule has 1 aliphatic carbocycles. The standard InChI is InChI=1S/C10H15ClO4S/c1-10(2)6-4-5-7(16(11,13)14)8(10)9(12)15-3/h4-6H2,1-3H3. The van der Waals surface area contributed by atoms with E-state index in [1.165, 1.54) is 7.11 Å². The SMILES string of the molecule is COC(=O)C1=C(S(=O)(=O)Cl)CCCC1(C)C. The molecule has 0 bridgehead atoms. The molecule has 0 radical (unpaired) electrons. The molecule has 0 saturated carbocycles. The van der Waals surface area contributed by atoms with Crippen LogP contribution >= 0.6 is 10.7 Å². The van der Waals surface area contributed by atoms with Gasteiger partial charge in [0, 0.05) is 10.7 Å². The smallest absolute Gasteiger partial charge is 0.335 e. The van der Waals surface area contributed by atoms with Gasteiger partial charge in [-0.25, -0.2) is 13.2 Å². The lowest BCUT2D eigenvalue weighted by atomic mass is 9.75. The lowest BCUT2D eigenvalue weighted by molar-refractivity contribution is -0.137. The minimum Gasteiger partial charge on any atom is -0.466 e. The van der Waals surface area contributed by atoms with Crippen LogP contribution in [0, 0.1) is 5.41 Å². The van der Waals surface area contributed by atoms with E-state index < -0.39 is 20.4 Å². The number of allylic oxidation sites excluding steroid dienone is 1. The number of esters is 1. The second-order valence-electron chi connectivity index (χ2n) is 4.47. The van der Waals surface area contributed by atoms with Gasteiger partial charge in [0.2, 0.25) is 0 Å². The first kappa shape index (κ1) is 13.5. The molecule has 0 fully saturated rings. The Morgan fingerprint density at radius 3 is 2.44 bits per heavy atom. The van der Waals surface area contributed by atoms with Crippen LogP contribution in [0.15, 0.2) is 10.5 Å². The summed E-state index contributed by atoms with van der Waals surface area (Å²) in [7, 11) is 2.73. The summed E-state index contributed by atoms with van der Waals surface area (Å²) in [6.07, 6.45) is 1.75. The van der Waals surface area contributed by atoms with E-state index >= 15 is 0 Å². The quantitative estimate of drug-likeness (QED) is 0.568. The van der Waals surface area contributed by atoms with E-state index in [-0.39, 0.29) is 10.5 Å². The monoisotopic (exact) mass is 266 g/mol. The summed E-state index contributed by atoms with van der Waals surface area (Å²) in [5, 5.41) is 0. The maximum absolute atomic E-state index is 11.6. The van der Waals surface area contributed by atoms with Gasteiger partial charge < -0.3 is 4.74 Å². The van der Waals surface area contributed by atoms with Crippen LogP contribution in [-0.4, -0.2) is 21.5 Å². The average Bonchev–Trinajstić information content (AvgIpc) is 2.13. The molecule has 0 heterocycles. The van der Waals surface area contributed by atoms with Crippen molar-refractivity contribution in [1.29, 1.82) is 0 Å². The minimum atomic E-state index is -3.85. The van der Waals surface area contributed by atoms with E-state index in [4.69, 9.17) is 10.7 Å². The van der Waals surface area contributed by atoms with Crippen molar-refractivity contribution in [3.63, 3.8) is 0 Å². The Morgan fingerprint density at radius 2 is 2.00 bits per heavy atom. The fourth-order valence-electron chi connectivity index (χ4n) is 2.05. The van der Waals surface area contributed by atoms with Crippen LogP contribution in [0.25, 0.3) is 0 Å². The Labute approximate surface area is 100 Å². The van der Waals surface area contributed by atoms with E-state index in [0.717, 1.165) is 6.42 Å². The van der Waals surface area contributed by atoms with Crippen molar-refractivity contribution in [3.05, 3.63) is 10.5 Å². The van der Waals surface area contributed by atoms with E-state index in [2.05, 4.69) is 4.74 Å².